The Balaban J connectivity index is 1.69. The van der Waals surface area contributed by atoms with Gasteiger partial charge in [0.15, 0.2) is 17.9 Å². The molecule has 1 amide bonds. The lowest BCUT2D eigenvalue weighted by molar-refractivity contribution is -0.240. The van der Waals surface area contributed by atoms with Crippen molar-refractivity contribution >= 4 is 17.2 Å². The fourth-order valence-electron chi connectivity index (χ4n) is 3.80. The molecule has 4 rings (SSSR count). The fourth-order valence-corrected chi connectivity index (χ4v) is 4.52. The molecular formula is C17H24N2O6S. The van der Waals surface area contributed by atoms with Gasteiger partial charge in [-0.2, -0.15) is 0 Å². The van der Waals surface area contributed by atoms with Crippen LogP contribution in [-0.4, -0.2) is 53.2 Å². The number of ether oxygens (including phenoxy) is 5. The smallest absolute Gasteiger partial charge is 0.217 e. The standard InChI is InChI=1S/C17H24N2O6S/c1-8(20)19-9(14-18-6-7-26-14)10-11-12(23-16(2,3)22-11)13-15(21-10)25-17(4,5)24-13/h6-7,9-13,15H,1-5H3,(H,19,20)/t9-,10+,11-,12+,13+,15-/m1/s1. The number of rotatable bonds is 3. The topological polar surface area (TPSA) is 88.1 Å². The lowest BCUT2D eigenvalue weighted by Crippen LogP contribution is -2.58. The van der Waals surface area contributed by atoms with Gasteiger partial charge in [0.1, 0.15) is 35.5 Å². The summed E-state index contributed by atoms with van der Waals surface area (Å²) in [4.78, 5) is 16.2. The summed E-state index contributed by atoms with van der Waals surface area (Å²) < 4.78 is 30.4. The van der Waals surface area contributed by atoms with Crippen molar-refractivity contribution in [1.29, 1.82) is 0 Å². The molecule has 0 saturated carbocycles. The van der Waals surface area contributed by atoms with Crippen LogP contribution in [0.4, 0.5) is 0 Å². The molecule has 3 saturated heterocycles. The lowest BCUT2D eigenvalue weighted by atomic mass is 9.94. The van der Waals surface area contributed by atoms with E-state index in [9.17, 15) is 4.79 Å². The second-order valence-corrected chi connectivity index (χ2v) is 8.61. The van der Waals surface area contributed by atoms with E-state index in [0.29, 0.717) is 0 Å². The van der Waals surface area contributed by atoms with Gasteiger partial charge >= 0.3 is 0 Å². The average Bonchev–Trinajstić information content (AvgIpc) is 3.19. The monoisotopic (exact) mass is 384 g/mol. The normalized spacial score (nSPS) is 38.4. The Labute approximate surface area is 156 Å². The summed E-state index contributed by atoms with van der Waals surface area (Å²) >= 11 is 1.45. The van der Waals surface area contributed by atoms with Crippen LogP contribution in [0.25, 0.3) is 0 Å². The van der Waals surface area contributed by atoms with E-state index >= 15 is 0 Å². The van der Waals surface area contributed by atoms with Gasteiger partial charge in [0.2, 0.25) is 5.91 Å². The van der Waals surface area contributed by atoms with Gasteiger partial charge in [0, 0.05) is 18.5 Å². The Hall–Kier alpha value is -1.10. The van der Waals surface area contributed by atoms with Crippen LogP contribution >= 0.6 is 11.3 Å². The Bertz CT molecular complexity index is 679. The summed E-state index contributed by atoms with van der Waals surface area (Å²) in [7, 11) is 0. The third kappa shape index (κ3) is 3.28. The van der Waals surface area contributed by atoms with Crippen LogP contribution in [0.1, 0.15) is 45.7 Å². The highest BCUT2D eigenvalue weighted by molar-refractivity contribution is 7.09. The quantitative estimate of drug-likeness (QED) is 0.849. The van der Waals surface area contributed by atoms with Crippen molar-refractivity contribution in [3.63, 3.8) is 0 Å². The van der Waals surface area contributed by atoms with Crippen LogP contribution < -0.4 is 5.32 Å². The molecule has 0 aliphatic carbocycles. The molecule has 1 aromatic heterocycles. The number of amides is 1. The van der Waals surface area contributed by atoms with Crippen molar-refractivity contribution in [2.45, 2.75) is 82.9 Å². The summed E-state index contributed by atoms with van der Waals surface area (Å²) in [5, 5.41) is 5.55. The number of carbonyl (C=O) groups excluding carboxylic acids is 1. The molecule has 0 aromatic carbocycles. The predicted octanol–water partition coefficient (Wildman–Crippen LogP) is 1.72. The highest BCUT2D eigenvalue weighted by atomic mass is 32.1. The van der Waals surface area contributed by atoms with Crippen molar-refractivity contribution in [3.8, 4) is 0 Å². The van der Waals surface area contributed by atoms with Crippen LogP contribution in [0, 0.1) is 0 Å². The third-order valence-electron chi connectivity index (χ3n) is 4.60. The molecule has 0 unspecified atom stereocenters. The molecule has 144 valence electrons. The maximum absolute atomic E-state index is 11.8. The fraction of sp³-hybridized carbons (Fsp3) is 0.765. The van der Waals surface area contributed by atoms with E-state index < -0.39 is 42.2 Å². The van der Waals surface area contributed by atoms with Crippen molar-refractivity contribution in [1.82, 2.24) is 10.3 Å². The molecule has 0 bridgehead atoms. The van der Waals surface area contributed by atoms with E-state index in [2.05, 4.69) is 10.3 Å². The zero-order valence-electron chi connectivity index (χ0n) is 15.4. The van der Waals surface area contributed by atoms with Gasteiger partial charge < -0.3 is 29.0 Å². The summed E-state index contributed by atoms with van der Waals surface area (Å²) in [6.45, 7) is 8.86. The zero-order valence-corrected chi connectivity index (χ0v) is 16.2. The van der Waals surface area contributed by atoms with E-state index in [4.69, 9.17) is 23.7 Å². The van der Waals surface area contributed by atoms with Gasteiger partial charge in [-0.1, -0.05) is 0 Å². The summed E-state index contributed by atoms with van der Waals surface area (Å²) in [6, 6.07) is -0.467. The molecule has 8 nitrogen and oxygen atoms in total. The van der Waals surface area contributed by atoms with Crippen LogP contribution in [0.15, 0.2) is 11.6 Å². The first-order chi connectivity index (χ1) is 12.2. The van der Waals surface area contributed by atoms with Crippen molar-refractivity contribution in [2.24, 2.45) is 0 Å². The summed E-state index contributed by atoms with van der Waals surface area (Å²) in [5.74, 6) is -1.74. The van der Waals surface area contributed by atoms with Crippen LogP contribution in [0.2, 0.25) is 0 Å². The van der Waals surface area contributed by atoms with Crippen molar-refractivity contribution in [3.05, 3.63) is 16.6 Å². The molecule has 9 heteroatoms. The number of nitrogens with zero attached hydrogens (tertiary/aromatic N) is 1. The Kier molecular flexibility index (Phi) is 4.37. The molecular weight excluding hydrogens is 360 g/mol. The Morgan fingerprint density at radius 1 is 1.12 bits per heavy atom. The zero-order chi connectivity index (χ0) is 18.7. The molecule has 0 radical (unpaired) electrons. The number of carbonyl (C=O) groups is 1. The molecule has 0 spiro atoms. The van der Waals surface area contributed by atoms with Crippen molar-refractivity contribution < 1.29 is 28.5 Å². The average molecular weight is 384 g/mol. The number of hydrogen-bond donors (Lipinski definition) is 1. The second-order valence-electron chi connectivity index (χ2n) is 7.68. The van der Waals surface area contributed by atoms with Gasteiger partial charge in [-0.15, -0.1) is 11.3 Å². The Morgan fingerprint density at radius 2 is 1.77 bits per heavy atom. The van der Waals surface area contributed by atoms with Crippen LogP contribution in [0.3, 0.4) is 0 Å². The number of aromatic nitrogens is 1. The SMILES string of the molecule is CC(=O)N[C@@H](c1nccs1)[C@@H]1O[C@@H]2OC(C)(C)O[C@H]2[C@H]2OC(C)(C)O[C@@H]21. The first-order valence-corrected chi connectivity index (χ1v) is 9.56. The minimum absolute atomic E-state index is 0.172. The summed E-state index contributed by atoms with van der Waals surface area (Å²) in [6.07, 6.45) is -0.620. The highest BCUT2D eigenvalue weighted by Crippen LogP contribution is 2.46. The maximum atomic E-state index is 11.8. The predicted molar refractivity (Wildman–Crippen MR) is 91.2 cm³/mol. The van der Waals surface area contributed by atoms with Crippen LogP contribution in [-0.2, 0) is 28.5 Å². The number of fused-ring (bicyclic) bond motifs is 3. The minimum Gasteiger partial charge on any atom is -0.344 e. The number of nitrogens with one attached hydrogen (secondary N) is 1. The first kappa shape index (κ1) is 18.3. The molecule has 6 atom stereocenters. The number of thiazole rings is 1. The van der Waals surface area contributed by atoms with Crippen LogP contribution in [0.5, 0.6) is 0 Å². The van der Waals surface area contributed by atoms with E-state index in [-0.39, 0.29) is 12.0 Å². The molecule has 1 N–H and O–H groups in total. The largest absolute Gasteiger partial charge is 0.344 e. The highest BCUT2D eigenvalue weighted by Gasteiger charge is 2.62. The first-order valence-electron chi connectivity index (χ1n) is 8.68. The van der Waals surface area contributed by atoms with Gasteiger partial charge in [-0.25, -0.2) is 4.98 Å². The van der Waals surface area contributed by atoms with Gasteiger partial charge in [0.05, 0.1) is 0 Å². The van der Waals surface area contributed by atoms with Crippen molar-refractivity contribution in [2.75, 3.05) is 0 Å². The van der Waals surface area contributed by atoms with Gasteiger partial charge in [-0.05, 0) is 27.7 Å². The molecule has 3 aliphatic heterocycles. The number of hydrogen-bond acceptors (Lipinski definition) is 8. The van der Waals surface area contributed by atoms with E-state index in [1.807, 2.05) is 33.1 Å². The van der Waals surface area contributed by atoms with Gasteiger partial charge in [0.25, 0.3) is 0 Å². The Morgan fingerprint density at radius 3 is 2.42 bits per heavy atom. The molecule has 1 aromatic rings. The summed E-state index contributed by atoms with van der Waals surface area (Å²) in [5.41, 5.74) is 0. The van der Waals surface area contributed by atoms with E-state index in [1.165, 1.54) is 18.3 Å². The lowest BCUT2D eigenvalue weighted by Gasteiger charge is -2.40. The van der Waals surface area contributed by atoms with Gasteiger partial charge in [-0.3, -0.25) is 4.79 Å². The molecule has 26 heavy (non-hydrogen) atoms. The third-order valence-corrected chi connectivity index (χ3v) is 5.45. The molecule has 3 fully saturated rings. The molecule has 4 heterocycles. The molecule has 3 aliphatic rings. The minimum atomic E-state index is -0.786. The second kappa shape index (κ2) is 6.22. The van der Waals surface area contributed by atoms with E-state index in [0.717, 1.165) is 5.01 Å². The maximum Gasteiger partial charge on any atom is 0.217 e. The van der Waals surface area contributed by atoms with E-state index in [1.54, 1.807) is 6.20 Å².